The molecule has 1 aromatic carbocycles. The molecule has 24 heavy (non-hydrogen) atoms. The van der Waals surface area contributed by atoms with Gasteiger partial charge in [0.25, 0.3) is 5.91 Å². The van der Waals surface area contributed by atoms with Crippen molar-refractivity contribution >= 4 is 21.8 Å². The van der Waals surface area contributed by atoms with Crippen LogP contribution in [0.2, 0.25) is 0 Å². The van der Waals surface area contributed by atoms with E-state index in [4.69, 9.17) is 0 Å². The molecular formula is C16H21N3O4S. The van der Waals surface area contributed by atoms with Crippen LogP contribution < -0.4 is 10.6 Å². The highest BCUT2D eigenvalue weighted by molar-refractivity contribution is 7.89. The summed E-state index contributed by atoms with van der Waals surface area (Å²) in [5.74, 6) is -0.759. The van der Waals surface area contributed by atoms with Gasteiger partial charge in [-0.25, -0.2) is 8.42 Å². The maximum Gasteiger partial charge on any atom is 0.251 e. The van der Waals surface area contributed by atoms with Gasteiger partial charge >= 0.3 is 0 Å². The van der Waals surface area contributed by atoms with Crippen LogP contribution in [0.25, 0.3) is 0 Å². The predicted octanol–water partition coefficient (Wildman–Crippen LogP) is 0.503. The number of rotatable bonds is 7. The van der Waals surface area contributed by atoms with Crippen molar-refractivity contribution in [2.75, 3.05) is 26.2 Å². The minimum absolute atomic E-state index is 0.152. The van der Waals surface area contributed by atoms with E-state index < -0.39 is 15.9 Å². The lowest BCUT2D eigenvalue weighted by Crippen LogP contribution is -2.36. The summed E-state index contributed by atoms with van der Waals surface area (Å²) in [5.41, 5.74) is 0.298. The van der Waals surface area contributed by atoms with E-state index in [1.54, 1.807) is 6.08 Å². The van der Waals surface area contributed by atoms with E-state index in [0.29, 0.717) is 25.2 Å². The molecule has 0 radical (unpaired) electrons. The molecule has 1 aliphatic heterocycles. The molecule has 0 bridgehead atoms. The predicted molar refractivity (Wildman–Crippen MR) is 90.0 cm³/mol. The summed E-state index contributed by atoms with van der Waals surface area (Å²) in [7, 11) is -3.49. The summed E-state index contributed by atoms with van der Waals surface area (Å²) < 4.78 is 26.2. The second kappa shape index (κ2) is 8.07. The van der Waals surface area contributed by atoms with Gasteiger partial charge in [-0.3, -0.25) is 9.59 Å². The molecule has 1 aromatic rings. The number of nitrogens with one attached hydrogen (secondary N) is 2. The Hall–Kier alpha value is -2.19. The summed E-state index contributed by atoms with van der Waals surface area (Å²) in [6.07, 6.45) is 3.28. The summed E-state index contributed by atoms with van der Waals surface area (Å²) in [6, 6.07) is 5.72. The number of carbonyl (C=O) groups is 2. The lowest BCUT2D eigenvalue weighted by atomic mass is 10.2. The molecule has 0 unspecified atom stereocenters. The first-order chi connectivity index (χ1) is 11.4. The third-order valence-corrected chi connectivity index (χ3v) is 5.59. The molecule has 1 heterocycles. The molecular weight excluding hydrogens is 330 g/mol. The maximum absolute atomic E-state index is 12.4. The van der Waals surface area contributed by atoms with Gasteiger partial charge in [0.1, 0.15) is 0 Å². The molecule has 1 fully saturated rings. The van der Waals surface area contributed by atoms with Crippen LogP contribution in [0, 0.1) is 0 Å². The van der Waals surface area contributed by atoms with Crippen molar-refractivity contribution in [2.24, 2.45) is 0 Å². The smallest absolute Gasteiger partial charge is 0.251 e. The summed E-state index contributed by atoms with van der Waals surface area (Å²) >= 11 is 0. The van der Waals surface area contributed by atoms with Gasteiger partial charge in [0.2, 0.25) is 15.9 Å². The second-order valence-corrected chi connectivity index (χ2v) is 7.35. The van der Waals surface area contributed by atoms with Crippen LogP contribution in [0.4, 0.5) is 0 Å². The minimum atomic E-state index is -3.49. The Labute approximate surface area is 141 Å². The zero-order valence-electron chi connectivity index (χ0n) is 13.3. The molecule has 2 N–H and O–H groups in total. The van der Waals surface area contributed by atoms with Crippen molar-refractivity contribution in [3.05, 3.63) is 42.5 Å². The Morgan fingerprint density at radius 3 is 2.33 bits per heavy atom. The lowest BCUT2D eigenvalue weighted by molar-refractivity contribution is -0.119. The highest BCUT2D eigenvalue weighted by Gasteiger charge is 2.27. The van der Waals surface area contributed by atoms with Crippen molar-refractivity contribution in [1.82, 2.24) is 14.9 Å². The van der Waals surface area contributed by atoms with Gasteiger partial charge in [-0.05, 0) is 37.1 Å². The highest BCUT2D eigenvalue weighted by Crippen LogP contribution is 2.21. The van der Waals surface area contributed by atoms with Gasteiger partial charge in [0.05, 0.1) is 11.4 Å². The zero-order chi connectivity index (χ0) is 17.6. The van der Waals surface area contributed by atoms with Crippen LogP contribution in [0.15, 0.2) is 41.8 Å². The number of hydrogen-bond acceptors (Lipinski definition) is 4. The van der Waals surface area contributed by atoms with Gasteiger partial charge in [-0.1, -0.05) is 6.08 Å². The van der Waals surface area contributed by atoms with E-state index in [0.717, 1.165) is 12.8 Å². The number of amides is 2. The average molecular weight is 351 g/mol. The van der Waals surface area contributed by atoms with E-state index in [-0.39, 0.29) is 17.3 Å². The molecule has 1 aliphatic rings. The van der Waals surface area contributed by atoms with Gasteiger partial charge in [-0.15, -0.1) is 6.58 Å². The van der Waals surface area contributed by atoms with Gasteiger partial charge < -0.3 is 10.6 Å². The molecule has 7 nitrogen and oxygen atoms in total. The van der Waals surface area contributed by atoms with Crippen LogP contribution in [-0.4, -0.2) is 50.7 Å². The lowest BCUT2D eigenvalue weighted by Gasteiger charge is -2.15. The fraction of sp³-hybridized carbons (Fsp3) is 0.375. The first-order valence-corrected chi connectivity index (χ1v) is 9.15. The average Bonchev–Trinajstić information content (AvgIpc) is 3.13. The largest absolute Gasteiger partial charge is 0.351 e. The fourth-order valence-electron chi connectivity index (χ4n) is 2.37. The first-order valence-electron chi connectivity index (χ1n) is 7.71. The zero-order valence-corrected chi connectivity index (χ0v) is 14.1. The van der Waals surface area contributed by atoms with Crippen molar-refractivity contribution in [3.63, 3.8) is 0 Å². The van der Waals surface area contributed by atoms with Crippen LogP contribution in [-0.2, 0) is 14.8 Å². The summed E-state index contributed by atoms with van der Waals surface area (Å²) in [4.78, 5) is 23.6. The van der Waals surface area contributed by atoms with Crippen molar-refractivity contribution in [3.8, 4) is 0 Å². The molecule has 0 atom stereocenters. The number of nitrogens with zero attached hydrogens (tertiary/aromatic N) is 1. The van der Waals surface area contributed by atoms with E-state index in [1.807, 2.05) is 0 Å². The fourth-order valence-corrected chi connectivity index (χ4v) is 3.88. The van der Waals surface area contributed by atoms with Gasteiger partial charge in [-0.2, -0.15) is 4.31 Å². The third-order valence-electron chi connectivity index (χ3n) is 3.67. The monoisotopic (exact) mass is 351 g/mol. The molecule has 8 heteroatoms. The van der Waals surface area contributed by atoms with Crippen molar-refractivity contribution < 1.29 is 18.0 Å². The Bertz CT molecular complexity index is 707. The maximum atomic E-state index is 12.4. The summed E-state index contributed by atoms with van der Waals surface area (Å²) in [6.45, 7) is 4.72. The molecule has 130 valence electrons. The number of benzene rings is 1. The quantitative estimate of drug-likeness (QED) is 0.700. The van der Waals surface area contributed by atoms with Gasteiger partial charge in [0, 0.05) is 25.2 Å². The van der Waals surface area contributed by atoms with Crippen LogP contribution in [0.5, 0.6) is 0 Å². The molecule has 0 spiro atoms. The van der Waals surface area contributed by atoms with Gasteiger partial charge in [0.15, 0.2) is 0 Å². The van der Waals surface area contributed by atoms with E-state index in [1.165, 1.54) is 28.6 Å². The SMILES string of the molecule is C=CCNC(=O)CNC(=O)c1ccc(S(=O)(=O)N2CCCC2)cc1. The van der Waals surface area contributed by atoms with Crippen molar-refractivity contribution in [1.29, 1.82) is 0 Å². The molecule has 2 amide bonds. The Balaban J connectivity index is 1.97. The standard InChI is InChI=1S/C16H21N3O4S/c1-2-9-17-15(20)12-18-16(21)13-5-7-14(8-6-13)24(22,23)19-10-3-4-11-19/h2,5-8H,1,3-4,9-12H2,(H,17,20)(H,18,21). The number of hydrogen-bond donors (Lipinski definition) is 2. The van der Waals surface area contributed by atoms with E-state index in [2.05, 4.69) is 17.2 Å². The normalized spacial score (nSPS) is 15.0. The number of sulfonamides is 1. The third kappa shape index (κ3) is 4.42. The molecule has 2 rings (SSSR count). The van der Waals surface area contributed by atoms with E-state index >= 15 is 0 Å². The Morgan fingerprint density at radius 2 is 1.75 bits per heavy atom. The van der Waals surface area contributed by atoms with Crippen LogP contribution in [0.1, 0.15) is 23.2 Å². The minimum Gasteiger partial charge on any atom is -0.351 e. The second-order valence-electron chi connectivity index (χ2n) is 5.41. The van der Waals surface area contributed by atoms with Crippen LogP contribution in [0.3, 0.4) is 0 Å². The molecule has 0 aliphatic carbocycles. The van der Waals surface area contributed by atoms with E-state index in [9.17, 15) is 18.0 Å². The molecule has 0 saturated carbocycles. The highest BCUT2D eigenvalue weighted by atomic mass is 32.2. The Morgan fingerprint density at radius 1 is 1.12 bits per heavy atom. The van der Waals surface area contributed by atoms with Crippen LogP contribution >= 0.6 is 0 Å². The van der Waals surface area contributed by atoms with Crippen molar-refractivity contribution in [2.45, 2.75) is 17.7 Å². The molecule has 1 saturated heterocycles. The first kappa shape index (κ1) is 18.2. The number of carbonyl (C=O) groups excluding carboxylic acids is 2. The summed E-state index contributed by atoms with van der Waals surface area (Å²) in [5, 5.41) is 5.02. The Kier molecular flexibility index (Phi) is 6.10. The molecule has 0 aromatic heterocycles. The topological polar surface area (TPSA) is 95.6 Å².